The number of para-hydroxylation sites is 1. The lowest BCUT2D eigenvalue weighted by molar-refractivity contribution is 0.620. The van der Waals surface area contributed by atoms with Gasteiger partial charge in [-0.05, 0) is 95.1 Å². The Morgan fingerprint density at radius 3 is 1.74 bits per heavy atom. The van der Waals surface area contributed by atoms with Gasteiger partial charge in [-0.3, -0.25) is 0 Å². The van der Waals surface area contributed by atoms with Crippen molar-refractivity contribution in [3.63, 3.8) is 0 Å². The van der Waals surface area contributed by atoms with E-state index < -0.39 is 0 Å². The first-order valence-corrected chi connectivity index (χ1v) is 18.0. The summed E-state index contributed by atoms with van der Waals surface area (Å²) >= 11 is 0. The van der Waals surface area contributed by atoms with Crippen LogP contribution in [-0.4, -0.2) is 4.98 Å². The van der Waals surface area contributed by atoms with Gasteiger partial charge in [0.1, 0.15) is 27.8 Å². The molecule has 0 fully saturated rings. The fraction of sp³-hybridized carbons (Fsp3) is 0. The van der Waals surface area contributed by atoms with Gasteiger partial charge in [0.2, 0.25) is 5.89 Å². The van der Waals surface area contributed by atoms with Gasteiger partial charge in [0.05, 0.1) is 0 Å². The van der Waals surface area contributed by atoms with Gasteiger partial charge in [0.25, 0.3) is 0 Å². The molecule has 0 saturated carbocycles. The number of hydrogen-bond acceptors (Lipinski definition) is 5. The van der Waals surface area contributed by atoms with Crippen molar-refractivity contribution in [1.29, 1.82) is 0 Å². The SMILES string of the molecule is c1ccc(-c2cccc(N(c3ccc(-c4ccc5oc6cc7nc(-c8ccccc8)oc7cc6c5c4)cc3)c3ccc4c(c3)oc3ccccc34)c2)cc1. The highest BCUT2D eigenvalue weighted by atomic mass is 16.4. The molecule has 0 aliphatic rings. The Morgan fingerprint density at radius 1 is 0.315 bits per heavy atom. The van der Waals surface area contributed by atoms with E-state index in [0.717, 1.165) is 94.3 Å². The molecule has 11 aromatic rings. The van der Waals surface area contributed by atoms with Crippen LogP contribution in [0, 0.1) is 0 Å². The average Bonchev–Trinajstić information content (AvgIpc) is 3.93. The van der Waals surface area contributed by atoms with Crippen LogP contribution in [0.4, 0.5) is 17.1 Å². The molecule has 0 amide bonds. The second-order valence-electron chi connectivity index (χ2n) is 13.6. The second-order valence-corrected chi connectivity index (χ2v) is 13.6. The maximum atomic E-state index is 6.35. The summed E-state index contributed by atoms with van der Waals surface area (Å²) in [5.74, 6) is 0.599. The average molecular weight is 695 g/mol. The highest BCUT2D eigenvalue weighted by Crippen LogP contribution is 2.41. The van der Waals surface area contributed by atoms with Gasteiger partial charge >= 0.3 is 0 Å². The maximum absolute atomic E-state index is 6.35. The van der Waals surface area contributed by atoms with Crippen LogP contribution in [0.15, 0.2) is 195 Å². The van der Waals surface area contributed by atoms with Gasteiger partial charge in [-0.15, -0.1) is 0 Å². The number of nitrogens with zero attached hydrogens (tertiary/aromatic N) is 2. The van der Waals surface area contributed by atoms with Gasteiger partial charge in [0.15, 0.2) is 5.58 Å². The molecule has 0 bridgehead atoms. The number of hydrogen-bond donors (Lipinski definition) is 0. The van der Waals surface area contributed by atoms with Crippen LogP contribution in [0.3, 0.4) is 0 Å². The van der Waals surface area contributed by atoms with E-state index in [4.69, 9.17) is 18.2 Å². The van der Waals surface area contributed by atoms with Crippen molar-refractivity contribution in [2.45, 2.75) is 0 Å². The van der Waals surface area contributed by atoms with Crippen molar-refractivity contribution >= 4 is 72.0 Å². The molecule has 5 nitrogen and oxygen atoms in total. The van der Waals surface area contributed by atoms with E-state index in [1.165, 1.54) is 5.56 Å². The van der Waals surface area contributed by atoms with E-state index in [9.17, 15) is 0 Å². The molecule has 8 aromatic carbocycles. The van der Waals surface area contributed by atoms with E-state index >= 15 is 0 Å². The molecule has 0 saturated heterocycles. The lowest BCUT2D eigenvalue weighted by atomic mass is 10.0. The summed E-state index contributed by atoms with van der Waals surface area (Å²) in [5.41, 5.74) is 13.4. The minimum Gasteiger partial charge on any atom is -0.456 e. The quantitative estimate of drug-likeness (QED) is 0.173. The molecule has 0 aliphatic heterocycles. The first-order chi connectivity index (χ1) is 26.7. The largest absolute Gasteiger partial charge is 0.456 e. The fourth-order valence-electron chi connectivity index (χ4n) is 7.64. The summed E-state index contributed by atoms with van der Waals surface area (Å²) in [7, 11) is 0. The number of benzene rings is 8. The Balaban J connectivity index is 0.994. The molecule has 0 spiro atoms. The van der Waals surface area contributed by atoms with Crippen molar-refractivity contribution in [2.75, 3.05) is 4.90 Å². The summed E-state index contributed by atoms with van der Waals surface area (Å²) in [4.78, 5) is 7.04. The zero-order chi connectivity index (χ0) is 35.6. The summed E-state index contributed by atoms with van der Waals surface area (Å²) in [5, 5.41) is 4.25. The van der Waals surface area contributed by atoms with Crippen molar-refractivity contribution in [3.05, 3.63) is 182 Å². The molecule has 0 unspecified atom stereocenters. The molecular weight excluding hydrogens is 665 g/mol. The second kappa shape index (κ2) is 12.1. The Hall–Kier alpha value is -7.37. The minimum absolute atomic E-state index is 0.599. The summed E-state index contributed by atoms with van der Waals surface area (Å²) in [6.07, 6.45) is 0. The van der Waals surface area contributed by atoms with E-state index in [0.29, 0.717) is 5.89 Å². The Labute approximate surface area is 309 Å². The van der Waals surface area contributed by atoms with Gasteiger partial charge < -0.3 is 18.2 Å². The fourth-order valence-corrected chi connectivity index (χ4v) is 7.64. The molecule has 54 heavy (non-hydrogen) atoms. The van der Waals surface area contributed by atoms with Crippen molar-refractivity contribution in [3.8, 4) is 33.7 Å². The van der Waals surface area contributed by atoms with Crippen LogP contribution in [0.2, 0.25) is 0 Å². The maximum Gasteiger partial charge on any atom is 0.227 e. The lowest BCUT2D eigenvalue weighted by Gasteiger charge is -2.26. The Morgan fingerprint density at radius 2 is 0.907 bits per heavy atom. The van der Waals surface area contributed by atoms with Crippen LogP contribution in [-0.2, 0) is 0 Å². The Kier molecular flexibility index (Phi) is 6.79. The smallest absolute Gasteiger partial charge is 0.227 e. The van der Waals surface area contributed by atoms with Crippen LogP contribution < -0.4 is 4.90 Å². The summed E-state index contributed by atoms with van der Waals surface area (Å²) in [6.45, 7) is 0. The van der Waals surface area contributed by atoms with Crippen molar-refractivity contribution in [2.24, 2.45) is 0 Å². The molecule has 0 aliphatic carbocycles. The number of rotatable bonds is 6. The zero-order valence-electron chi connectivity index (χ0n) is 28.9. The van der Waals surface area contributed by atoms with E-state index in [1.54, 1.807) is 0 Å². The molecule has 0 atom stereocenters. The summed E-state index contributed by atoms with van der Waals surface area (Å²) < 4.78 is 18.9. The van der Waals surface area contributed by atoms with Crippen LogP contribution in [0.1, 0.15) is 0 Å². The summed E-state index contributed by atoms with van der Waals surface area (Å²) in [6, 6.07) is 63.0. The highest BCUT2D eigenvalue weighted by molar-refractivity contribution is 6.10. The van der Waals surface area contributed by atoms with Gasteiger partial charge in [0, 0.05) is 56.3 Å². The topological polar surface area (TPSA) is 55.6 Å². The normalized spacial score (nSPS) is 11.7. The lowest BCUT2D eigenvalue weighted by Crippen LogP contribution is -2.10. The Bertz CT molecular complexity index is 3160. The number of oxazole rings is 1. The monoisotopic (exact) mass is 694 g/mol. The van der Waals surface area contributed by atoms with E-state index in [2.05, 4.69) is 120 Å². The van der Waals surface area contributed by atoms with Crippen LogP contribution >= 0.6 is 0 Å². The minimum atomic E-state index is 0.599. The van der Waals surface area contributed by atoms with E-state index in [1.807, 2.05) is 66.7 Å². The third-order valence-corrected chi connectivity index (χ3v) is 10.3. The molecule has 0 radical (unpaired) electrons. The molecule has 3 heterocycles. The number of anilines is 3. The third-order valence-electron chi connectivity index (χ3n) is 10.3. The first kappa shape index (κ1) is 30.3. The van der Waals surface area contributed by atoms with Crippen LogP contribution in [0.25, 0.3) is 88.7 Å². The van der Waals surface area contributed by atoms with Crippen LogP contribution in [0.5, 0.6) is 0 Å². The molecule has 3 aromatic heterocycles. The molecule has 254 valence electrons. The van der Waals surface area contributed by atoms with Gasteiger partial charge in [-0.1, -0.05) is 97.1 Å². The molecular formula is C49H30N2O3. The number of furan rings is 2. The number of aromatic nitrogens is 1. The zero-order valence-corrected chi connectivity index (χ0v) is 28.9. The highest BCUT2D eigenvalue weighted by Gasteiger charge is 2.18. The molecule has 5 heteroatoms. The predicted molar refractivity (Wildman–Crippen MR) is 220 cm³/mol. The third kappa shape index (κ3) is 5.06. The van der Waals surface area contributed by atoms with E-state index in [-0.39, 0.29) is 0 Å². The van der Waals surface area contributed by atoms with Crippen molar-refractivity contribution < 1.29 is 13.3 Å². The number of fused-ring (bicyclic) bond motifs is 7. The van der Waals surface area contributed by atoms with Gasteiger partial charge in [-0.25, -0.2) is 4.98 Å². The molecule has 0 N–H and O–H groups in total. The molecule has 11 rings (SSSR count). The predicted octanol–water partition coefficient (Wildman–Crippen LogP) is 14.1. The van der Waals surface area contributed by atoms with Crippen molar-refractivity contribution in [1.82, 2.24) is 4.98 Å². The standard InChI is InChI=1S/C49H30N2O3/c1-3-10-31(11-4-1)34-14-9-15-37(26-34)51(38-23-24-40-39-16-7-8-17-44(39)52-46(40)28-38)36-21-18-32(19-22-36)35-20-25-45-41(27-35)42-29-48-43(30-47(42)53-45)50-49(54-48)33-12-5-2-6-13-33/h1-30H. The van der Waals surface area contributed by atoms with Gasteiger partial charge in [-0.2, -0.15) is 0 Å². The first-order valence-electron chi connectivity index (χ1n) is 18.0.